The third-order valence-corrected chi connectivity index (χ3v) is 4.67. The van der Waals surface area contributed by atoms with Crippen LogP contribution in [-0.2, 0) is 11.3 Å². The molecule has 0 spiro atoms. The number of carbonyl (C=O) groups excluding carboxylic acids is 1. The first-order valence-corrected chi connectivity index (χ1v) is 9.91. The minimum absolute atomic E-state index is 0.230. The summed E-state index contributed by atoms with van der Waals surface area (Å²) in [5, 5.41) is 18.9. The van der Waals surface area contributed by atoms with Gasteiger partial charge in [0, 0.05) is 23.3 Å². The Hall–Kier alpha value is -3.70. The van der Waals surface area contributed by atoms with Gasteiger partial charge in [0.2, 0.25) is 0 Å². The lowest BCUT2D eigenvalue weighted by atomic mass is 10.1. The Labute approximate surface area is 183 Å². The van der Waals surface area contributed by atoms with Crippen LogP contribution in [0.4, 0.5) is 4.79 Å². The lowest BCUT2D eigenvalue weighted by Crippen LogP contribution is -2.26. The molecular weight excluding hydrogens is 416 g/mol. The predicted octanol–water partition coefficient (Wildman–Crippen LogP) is 4.65. The summed E-state index contributed by atoms with van der Waals surface area (Å²) in [7, 11) is 0. The molecule has 0 fully saturated rings. The van der Waals surface area contributed by atoms with Crippen LogP contribution >= 0.6 is 11.6 Å². The molecule has 3 heterocycles. The lowest BCUT2D eigenvalue weighted by molar-refractivity contribution is 0.0544. The second-order valence-corrected chi connectivity index (χ2v) is 8.46. The highest BCUT2D eigenvalue weighted by molar-refractivity contribution is 6.30. The Morgan fingerprint density at radius 2 is 2.06 bits per heavy atom. The Morgan fingerprint density at radius 3 is 2.81 bits per heavy atom. The smallest absolute Gasteiger partial charge is 0.418 e. The van der Waals surface area contributed by atoms with Crippen molar-refractivity contribution in [3.05, 3.63) is 65.2 Å². The van der Waals surface area contributed by atoms with Crippen LogP contribution in [0.25, 0.3) is 22.2 Å². The molecule has 0 aliphatic heterocycles. The minimum Gasteiger partial charge on any atom is -0.443 e. The van der Waals surface area contributed by atoms with Crippen molar-refractivity contribution in [2.24, 2.45) is 0 Å². The molecule has 31 heavy (non-hydrogen) atoms. The average molecular weight is 435 g/mol. The molecule has 0 saturated heterocycles. The standard InChI is InChI=1S/C22H19ClN6O2/c1-22(2,3)31-21(30)29-7-6-15-5-4-14(8-20(15)29)12-28-13-19(26-27-28)17-9-16(23)11-25-18(17)10-24/h4-9,11,13H,12H2,1-3H3. The van der Waals surface area contributed by atoms with Gasteiger partial charge in [0.25, 0.3) is 0 Å². The Kier molecular flexibility index (Phi) is 5.21. The molecule has 0 radical (unpaired) electrons. The summed E-state index contributed by atoms with van der Waals surface area (Å²) in [5.41, 5.74) is 2.35. The summed E-state index contributed by atoms with van der Waals surface area (Å²) < 4.78 is 8.63. The maximum Gasteiger partial charge on any atom is 0.418 e. The van der Waals surface area contributed by atoms with E-state index < -0.39 is 11.7 Å². The number of nitriles is 1. The first kappa shape index (κ1) is 20.6. The van der Waals surface area contributed by atoms with Gasteiger partial charge in [0.05, 0.1) is 23.3 Å². The molecule has 4 aromatic rings. The SMILES string of the molecule is CC(C)(C)OC(=O)n1ccc2ccc(Cn3cc(-c4cc(Cl)cnc4C#N)nn3)cc21. The van der Waals surface area contributed by atoms with Gasteiger partial charge in [0.1, 0.15) is 23.1 Å². The molecule has 0 aliphatic rings. The molecule has 0 aliphatic carbocycles. The zero-order valence-corrected chi connectivity index (χ0v) is 18.0. The van der Waals surface area contributed by atoms with Gasteiger partial charge in [-0.2, -0.15) is 5.26 Å². The van der Waals surface area contributed by atoms with E-state index in [4.69, 9.17) is 16.3 Å². The van der Waals surface area contributed by atoms with E-state index in [0.717, 1.165) is 16.5 Å². The summed E-state index contributed by atoms with van der Waals surface area (Å²) in [6.07, 6.45) is 4.42. The van der Waals surface area contributed by atoms with Crippen LogP contribution in [0.2, 0.25) is 5.02 Å². The van der Waals surface area contributed by atoms with Crippen molar-refractivity contribution in [2.75, 3.05) is 0 Å². The maximum atomic E-state index is 12.5. The molecule has 0 atom stereocenters. The second kappa shape index (κ2) is 7.85. The van der Waals surface area contributed by atoms with Crippen LogP contribution in [0.15, 0.2) is 48.9 Å². The van der Waals surface area contributed by atoms with Gasteiger partial charge < -0.3 is 4.74 Å². The molecule has 1 aromatic carbocycles. The van der Waals surface area contributed by atoms with Crippen molar-refractivity contribution in [1.29, 1.82) is 5.26 Å². The Morgan fingerprint density at radius 1 is 1.26 bits per heavy atom. The number of benzene rings is 1. The quantitative estimate of drug-likeness (QED) is 0.465. The van der Waals surface area contributed by atoms with E-state index in [-0.39, 0.29) is 5.69 Å². The van der Waals surface area contributed by atoms with Crippen LogP contribution < -0.4 is 0 Å². The number of pyridine rings is 1. The number of rotatable bonds is 3. The molecule has 0 amide bonds. The van der Waals surface area contributed by atoms with Crippen molar-refractivity contribution in [1.82, 2.24) is 24.5 Å². The van der Waals surface area contributed by atoms with Crippen LogP contribution in [0.3, 0.4) is 0 Å². The van der Waals surface area contributed by atoms with E-state index in [1.807, 2.05) is 51.1 Å². The van der Waals surface area contributed by atoms with Crippen LogP contribution in [0, 0.1) is 11.3 Å². The third-order valence-electron chi connectivity index (χ3n) is 4.47. The van der Waals surface area contributed by atoms with E-state index in [0.29, 0.717) is 22.8 Å². The number of aromatic nitrogens is 5. The highest BCUT2D eigenvalue weighted by Gasteiger charge is 2.19. The van der Waals surface area contributed by atoms with Gasteiger partial charge in [-0.3, -0.25) is 4.57 Å². The van der Waals surface area contributed by atoms with Crippen molar-refractivity contribution in [3.8, 4) is 17.3 Å². The lowest BCUT2D eigenvalue weighted by Gasteiger charge is -2.19. The molecule has 0 saturated carbocycles. The fraction of sp³-hybridized carbons (Fsp3) is 0.227. The number of nitrogens with zero attached hydrogens (tertiary/aromatic N) is 6. The first-order valence-electron chi connectivity index (χ1n) is 9.53. The summed E-state index contributed by atoms with van der Waals surface area (Å²) in [6, 6.07) is 11.4. The Balaban J connectivity index is 1.62. The summed E-state index contributed by atoms with van der Waals surface area (Å²) in [4.78, 5) is 16.6. The zero-order chi connectivity index (χ0) is 22.2. The van der Waals surface area contributed by atoms with Gasteiger partial charge in [-0.1, -0.05) is 28.9 Å². The highest BCUT2D eigenvalue weighted by Crippen LogP contribution is 2.24. The number of fused-ring (bicyclic) bond motifs is 1. The van der Waals surface area contributed by atoms with E-state index in [9.17, 15) is 10.1 Å². The molecule has 9 heteroatoms. The predicted molar refractivity (Wildman–Crippen MR) is 116 cm³/mol. The van der Waals surface area contributed by atoms with Crippen LogP contribution in [0.5, 0.6) is 0 Å². The van der Waals surface area contributed by atoms with Crippen molar-refractivity contribution in [2.45, 2.75) is 32.9 Å². The van der Waals surface area contributed by atoms with E-state index >= 15 is 0 Å². The number of ether oxygens (including phenoxy) is 1. The Bertz CT molecular complexity index is 1330. The molecule has 0 bridgehead atoms. The molecule has 3 aromatic heterocycles. The van der Waals surface area contributed by atoms with Gasteiger partial charge in [-0.15, -0.1) is 5.10 Å². The molecule has 0 N–H and O–H groups in total. The van der Waals surface area contributed by atoms with E-state index in [1.54, 1.807) is 23.1 Å². The van der Waals surface area contributed by atoms with Gasteiger partial charge in [-0.25, -0.2) is 14.5 Å². The summed E-state index contributed by atoms with van der Waals surface area (Å²) in [6.45, 7) is 5.92. The minimum atomic E-state index is -0.583. The van der Waals surface area contributed by atoms with Crippen molar-refractivity contribution in [3.63, 3.8) is 0 Å². The van der Waals surface area contributed by atoms with Crippen molar-refractivity contribution >= 4 is 28.6 Å². The fourth-order valence-corrected chi connectivity index (χ4v) is 3.31. The molecule has 0 unspecified atom stereocenters. The van der Waals surface area contributed by atoms with Gasteiger partial charge in [-0.05, 0) is 44.5 Å². The monoisotopic (exact) mass is 434 g/mol. The molecule has 156 valence electrons. The fourth-order valence-electron chi connectivity index (χ4n) is 3.15. The number of hydrogen-bond acceptors (Lipinski definition) is 6. The highest BCUT2D eigenvalue weighted by atomic mass is 35.5. The number of hydrogen-bond donors (Lipinski definition) is 0. The maximum absolute atomic E-state index is 12.5. The summed E-state index contributed by atoms with van der Waals surface area (Å²) >= 11 is 6.02. The summed E-state index contributed by atoms with van der Waals surface area (Å²) in [5.74, 6) is 0. The molecule has 4 rings (SSSR count). The van der Waals surface area contributed by atoms with Gasteiger partial charge in [0.15, 0.2) is 0 Å². The van der Waals surface area contributed by atoms with Gasteiger partial charge >= 0.3 is 6.09 Å². The van der Waals surface area contributed by atoms with E-state index in [1.165, 1.54) is 10.8 Å². The number of halogens is 1. The normalized spacial score (nSPS) is 11.5. The first-order chi connectivity index (χ1) is 14.7. The largest absolute Gasteiger partial charge is 0.443 e. The third kappa shape index (κ3) is 4.42. The van der Waals surface area contributed by atoms with Crippen LogP contribution in [0.1, 0.15) is 32.0 Å². The average Bonchev–Trinajstić information content (AvgIpc) is 3.33. The van der Waals surface area contributed by atoms with Crippen LogP contribution in [-0.4, -0.2) is 36.2 Å². The molecular formula is C22H19ClN6O2. The second-order valence-electron chi connectivity index (χ2n) is 8.02. The number of carbonyl (C=O) groups is 1. The topological polar surface area (TPSA) is 98.6 Å². The zero-order valence-electron chi connectivity index (χ0n) is 17.2. The van der Waals surface area contributed by atoms with Crippen molar-refractivity contribution < 1.29 is 9.53 Å². The van der Waals surface area contributed by atoms with E-state index in [2.05, 4.69) is 15.3 Å². The molecule has 8 nitrogen and oxygen atoms in total.